The van der Waals surface area contributed by atoms with Crippen molar-refractivity contribution in [3.8, 4) is 10.4 Å². The van der Waals surface area contributed by atoms with Crippen molar-refractivity contribution in [2.24, 2.45) is 0 Å². The molecule has 4 aromatic rings. The zero-order valence-corrected chi connectivity index (χ0v) is 18.7. The summed E-state index contributed by atoms with van der Waals surface area (Å²) >= 11 is 1.31. The quantitative estimate of drug-likeness (QED) is 0.406. The molecule has 0 aliphatic carbocycles. The molecule has 3 N–H and O–H groups in total. The van der Waals surface area contributed by atoms with Crippen LogP contribution in [0.25, 0.3) is 21.5 Å². The third-order valence-electron chi connectivity index (χ3n) is 4.53. The maximum absolute atomic E-state index is 12.9. The lowest BCUT2D eigenvalue weighted by Crippen LogP contribution is -2.27. The SMILES string of the molecule is CC(C)(O)Cn1c(NC(=O)c2ccc(-c3cn[nH]c3)s2)nc2cc(S(C)(=O)=O)ccc21. The lowest BCUT2D eigenvalue weighted by molar-refractivity contribution is 0.0630. The number of hydrogen-bond donors (Lipinski definition) is 3. The number of rotatable bonds is 6. The molecular formula is C20H21N5O4S2. The number of aromatic nitrogens is 4. The van der Waals surface area contributed by atoms with E-state index in [2.05, 4.69) is 20.5 Å². The molecule has 3 heterocycles. The topological polar surface area (TPSA) is 130 Å². The third-order valence-corrected chi connectivity index (χ3v) is 6.77. The summed E-state index contributed by atoms with van der Waals surface area (Å²) in [5.74, 6) is -0.124. The number of imidazole rings is 1. The van der Waals surface area contributed by atoms with Gasteiger partial charge in [-0.1, -0.05) is 0 Å². The standard InChI is InChI=1S/C20H21N5O4S2/c1-20(2,27)11-25-15-5-4-13(31(3,28)29)8-14(15)23-19(25)24-18(26)17-7-6-16(30-17)12-9-21-22-10-12/h4-10,27H,11H2,1-3H3,(H,21,22)(H,23,24,26). The average molecular weight is 460 g/mol. The smallest absolute Gasteiger partial charge is 0.268 e. The summed E-state index contributed by atoms with van der Waals surface area (Å²) in [6.07, 6.45) is 4.55. The summed E-state index contributed by atoms with van der Waals surface area (Å²) in [5, 5.41) is 19.8. The van der Waals surface area contributed by atoms with Gasteiger partial charge in [-0.25, -0.2) is 13.4 Å². The van der Waals surface area contributed by atoms with Gasteiger partial charge in [-0.3, -0.25) is 15.2 Å². The van der Waals surface area contributed by atoms with E-state index in [0.717, 1.165) is 16.7 Å². The molecule has 0 atom stereocenters. The first kappa shape index (κ1) is 21.2. The van der Waals surface area contributed by atoms with Gasteiger partial charge in [0.1, 0.15) is 0 Å². The molecule has 0 radical (unpaired) electrons. The van der Waals surface area contributed by atoms with Crippen LogP contribution in [-0.2, 0) is 16.4 Å². The van der Waals surface area contributed by atoms with Gasteiger partial charge in [0.2, 0.25) is 5.95 Å². The second-order valence-corrected chi connectivity index (χ2v) is 11.0. The highest BCUT2D eigenvalue weighted by Crippen LogP contribution is 2.29. The molecule has 11 heteroatoms. The van der Waals surface area contributed by atoms with Gasteiger partial charge in [-0.05, 0) is 44.2 Å². The summed E-state index contributed by atoms with van der Waals surface area (Å²) in [7, 11) is -3.41. The van der Waals surface area contributed by atoms with E-state index in [1.165, 1.54) is 23.5 Å². The Labute approximate surface area is 182 Å². The average Bonchev–Trinajstić information content (AvgIpc) is 3.39. The van der Waals surface area contributed by atoms with E-state index in [1.807, 2.05) is 6.07 Å². The Morgan fingerprint density at radius 2 is 2.06 bits per heavy atom. The first-order valence-corrected chi connectivity index (χ1v) is 12.1. The number of aliphatic hydroxyl groups is 1. The number of thiophene rings is 1. The van der Waals surface area contributed by atoms with Crippen LogP contribution in [-0.4, -0.2) is 51.0 Å². The highest BCUT2D eigenvalue weighted by atomic mass is 32.2. The minimum atomic E-state index is -3.41. The zero-order chi connectivity index (χ0) is 22.4. The van der Waals surface area contributed by atoms with Crippen LogP contribution in [0, 0.1) is 0 Å². The first-order valence-electron chi connectivity index (χ1n) is 9.34. The monoisotopic (exact) mass is 459 g/mol. The molecular weight excluding hydrogens is 438 g/mol. The van der Waals surface area contributed by atoms with E-state index in [1.54, 1.807) is 42.9 Å². The molecule has 0 saturated heterocycles. The third kappa shape index (κ3) is 4.53. The Balaban J connectivity index is 1.71. The summed E-state index contributed by atoms with van der Waals surface area (Å²) in [4.78, 5) is 18.8. The number of aromatic amines is 1. The van der Waals surface area contributed by atoms with Gasteiger partial charge in [-0.15, -0.1) is 11.3 Å². The van der Waals surface area contributed by atoms with Crippen molar-refractivity contribution in [2.75, 3.05) is 11.6 Å². The molecule has 9 nitrogen and oxygen atoms in total. The lowest BCUT2D eigenvalue weighted by Gasteiger charge is -2.20. The largest absolute Gasteiger partial charge is 0.389 e. The van der Waals surface area contributed by atoms with E-state index >= 15 is 0 Å². The van der Waals surface area contributed by atoms with Crippen LogP contribution < -0.4 is 5.32 Å². The minimum absolute atomic E-state index is 0.133. The number of hydrogen-bond acceptors (Lipinski definition) is 7. The number of benzene rings is 1. The number of H-pyrrole nitrogens is 1. The molecule has 0 fully saturated rings. The molecule has 0 bridgehead atoms. The van der Waals surface area contributed by atoms with Crippen LogP contribution in [0.15, 0.2) is 47.6 Å². The number of nitrogens with one attached hydrogen (secondary N) is 2. The highest BCUT2D eigenvalue weighted by molar-refractivity contribution is 7.90. The van der Waals surface area contributed by atoms with Gasteiger partial charge < -0.3 is 9.67 Å². The number of amides is 1. The number of carbonyl (C=O) groups is 1. The van der Waals surface area contributed by atoms with E-state index < -0.39 is 15.4 Å². The maximum atomic E-state index is 12.9. The van der Waals surface area contributed by atoms with Crippen molar-refractivity contribution in [1.29, 1.82) is 0 Å². The zero-order valence-electron chi connectivity index (χ0n) is 17.1. The van der Waals surface area contributed by atoms with Crippen LogP contribution >= 0.6 is 11.3 Å². The van der Waals surface area contributed by atoms with E-state index in [9.17, 15) is 18.3 Å². The Morgan fingerprint density at radius 1 is 1.29 bits per heavy atom. The highest BCUT2D eigenvalue weighted by Gasteiger charge is 2.22. The molecule has 1 aromatic carbocycles. The van der Waals surface area contributed by atoms with E-state index in [4.69, 9.17) is 0 Å². The number of fused-ring (bicyclic) bond motifs is 1. The van der Waals surface area contributed by atoms with Crippen LogP contribution in [0.2, 0.25) is 0 Å². The van der Waals surface area contributed by atoms with Crippen molar-refractivity contribution in [1.82, 2.24) is 19.7 Å². The fourth-order valence-corrected chi connectivity index (χ4v) is 4.67. The fraction of sp³-hybridized carbons (Fsp3) is 0.250. The van der Waals surface area contributed by atoms with Crippen LogP contribution in [0.3, 0.4) is 0 Å². The van der Waals surface area contributed by atoms with Gasteiger partial charge in [-0.2, -0.15) is 5.10 Å². The van der Waals surface area contributed by atoms with Gasteiger partial charge in [0, 0.05) is 22.9 Å². The second kappa shape index (κ2) is 7.59. The molecule has 0 aliphatic rings. The van der Waals surface area contributed by atoms with Crippen molar-refractivity contribution in [3.05, 3.63) is 47.6 Å². The van der Waals surface area contributed by atoms with Gasteiger partial charge >= 0.3 is 0 Å². The van der Waals surface area contributed by atoms with Crippen LogP contribution in [0.5, 0.6) is 0 Å². The second-order valence-electron chi connectivity index (χ2n) is 7.86. The minimum Gasteiger partial charge on any atom is -0.389 e. The van der Waals surface area contributed by atoms with Crippen LogP contribution in [0.4, 0.5) is 5.95 Å². The Kier molecular flexibility index (Phi) is 5.20. The molecule has 0 saturated carbocycles. The van der Waals surface area contributed by atoms with Crippen molar-refractivity contribution < 1.29 is 18.3 Å². The van der Waals surface area contributed by atoms with Crippen LogP contribution in [0.1, 0.15) is 23.5 Å². The number of nitrogens with zero attached hydrogens (tertiary/aromatic N) is 3. The molecule has 31 heavy (non-hydrogen) atoms. The molecule has 0 spiro atoms. The van der Waals surface area contributed by atoms with E-state index in [0.29, 0.717) is 15.9 Å². The Hall–Kier alpha value is -3.02. The molecule has 0 unspecified atom stereocenters. The van der Waals surface area contributed by atoms with Gasteiger partial charge in [0.25, 0.3) is 5.91 Å². The lowest BCUT2D eigenvalue weighted by atomic mass is 10.1. The number of sulfone groups is 1. The van der Waals surface area contributed by atoms with E-state index in [-0.39, 0.29) is 23.3 Å². The number of carbonyl (C=O) groups excluding carboxylic acids is 1. The molecule has 1 amide bonds. The molecule has 3 aromatic heterocycles. The Bertz CT molecular complexity index is 1360. The van der Waals surface area contributed by atoms with Gasteiger partial charge in [0.15, 0.2) is 9.84 Å². The fourth-order valence-electron chi connectivity index (χ4n) is 3.15. The predicted octanol–water partition coefficient (Wildman–Crippen LogP) is 2.91. The molecule has 162 valence electrons. The molecule has 4 rings (SSSR count). The maximum Gasteiger partial charge on any atom is 0.268 e. The molecule has 0 aliphatic heterocycles. The number of anilines is 1. The first-order chi connectivity index (χ1) is 14.5. The van der Waals surface area contributed by atoms with Crippen molar-refractivity contribution >= 4 is 44.1 Å². The summed E-state index contributed by atoms with van der Waals surface area (Å²) < 4.78 is 25.5. The summed E-state index contributed by atoms with van der Waals surface area (Å²) in [5.41, 5.74) is 0.814. The Morgan fingerprint density at radius 3 is 2.71 bits per heavy atom. The normalized spacial score (nSPS) is 12.4. The summed E-state index contributed by atoms with van der Waals surface area (Å²) in [6, 6.07) is 8.13. The van der Waals surface area contributed by atoms with Gasteiger partial charge in [0.05, 0.1) is 39.1 Å². The predicted molar refractivity (Wildman–Crippen MR) is 119 cm³/mol. The van der Waals surface area contributed by atoms with Crippen molar-refractivity contribution in [3.63, 3.8) is 0 Å². The van der Waals surface area contributed by atoms with Crippen molar-refractivity contribution in [2.45, 2.75) is 30.9 Å². The summed E-state index contributed by atoms with van der Waals surface area (Å²) in [6.45, 7) is 3.44.